The highest BCUT2D eigenvalue weighted by Gasteiger charge is 2.22. The fraction of sp³-hybridized carbons (Fsp3) is 0.318. The number of ether oxygens (including phenoxy) is 1. The maximum Gasteiger partial charge on any atom is 0.228 e. The van der Waals surface area contributed by atoms with Crippen molar-refractivity contribution in [2.45, 2.75) is 36.9 Å². The highest BCUT2D eigenvalue weighted by molar-refractivity contribution is 7.98. The van der Waals surface area contributed by atoms with Crippen molar-refractivity contribution in [2.75, 3.05) is 18.0 Å². The van der Waals surface area contributed by atoms with Gasteiger partial charge in [-0.1, -0.05) is 11.8 Å². The Hall–Kier alpha value is -2.85. The second kappa shape index (κ2) is 9.74. The van der Waals surface area contributed by atoms with Crippen LogP contribution >= 0.6 is 23.1 Å². The predicted octanol–water partition coefficient (Wildman–Crippen LogP) is 4.99. The lowest BCUT2D eigenvalue weighted by Gasteiger charge is -2.17. The first-order chi connectivity index (χ1) is 15.7. The van der Waals surface area contributed by atoms with Crippen molar-refractivity contribution in [1.29, 1.82) is 0 Å². The quantitative estimate of drug-likeness (QED) is 0.319. The summed E-state index contributed by atoms with van der Waals surface area (Å²) in [6.07, 6.45) is 4.04. The van der Waals surface area contributed by atoms with E-state index >= 15 is 0 Å². The van der Waals surface area contributed by atoms with Crippen molar-refractivity contribution < 1.29 is 13.5 Å². The molecule has 0 atom stereocenters. The number of halogens is 1. The van der Waals surface area contributed by atoms with E-state index in [1.807, 2.05) is 17.5 Å². The molecule has 10 heteroatoms. The number of furan rings is 1. The summed E-state index contributed by atoms with van der Waals surface area (Å²) in [7, 11) is 0. The normalized spacial score (nSPS) is 13.7. The largest absolute Gasteiger partial charge is 0.486 e. The fourth-order valence-electron chi connectivity index (χ4n) is 3.53. The minimum Gasteiger partial charge on any atom is -0.486 e. The summed E-state index contributed by atoms with van der Waals surface area (Å²) < 4.78 is 26.4. The predicted molar refractivity (Wildman–Crippen MR) is 122 cm³/mol. The van der Waals surface area contributed by atoms with Crippen LogP contribution in [0.3, 0.4) is 0 Å². The van der Waals surface area contributed by atoms with Crippen LogP contribution in [0.2, 0.25) is 0 Å². The Balaban J connectivity index is 1.24. The molecule has 1 fully saturated rings. The maximum atomic E-state index is 13.0. The molecule has 3 aromatic heterocycles. The molecule has 0 spiro atoms. The number of aromatic nitrogens is 4. The van der Waals surface area contributed by atoms with Gasteiger partial charge in [-0.2, -0.15) is 0 Å². The number of hydrogen-bond donors (Lipinski definition) is 0. The smallest absolute Gasteiger partial charge is 0.228 e. The van der Waals surface area contributed by atoms with E-state index in [2.05, 4.69) is 24.6 Å². The molecule has 0 amide bonds. The molecule has 0 saturated carbocycles. The molecule has 1 saturated heterocycles. The monoisotopic (exact) mass is 471 g/mol. The summed E-state index contributed by atoms with van der Waals surface area (Å²) in [5, 5.41) is 12.7. The molecule has 0 N–H and O–H groups in total. The first-order valence-corrected chi connectivity index (χ1v) is 12.3. The van der Waals surface area contributed by atoms with Gasteiger partial charge in [0.2, 0.25) is 5.95 Å². The molecular formula is C22H22FN5O2S2. The van der Waals surface area contributed by atoms with Crippen molar-refractivity contribution in [1.82, 2.24) is 19.7 Å². The number of anilines is 1. The van der Waals surface area contributed by atoms with E-state index in [0.717, 1.165) is 40.7 Å². The second-order valence-corrected chi connectivity index (χ2v) is 9.29. The number of hydrogen-bond acceptors (Lipinski definition) is 8. The number of thioether (sulfide) groups is 1. The Labute approximate surface area is 193 Å². The van der Waals surface area contributed by atoms with E-state index < -0.39 is 0 Å². The van der Waals surface area contributed by atoms with Crippen LogP contribution in [0, 0.1) is 5.82 Å². The molecule has 166 valence electrons. The van der Waals surface area contributed by atoms with Crippen molar-refractivity contribution in [3.8, 4) is 5.75 Å². The number of thiazole rings is 1. The first-order valence-electron chi connectivity index (χ1n) is 10.4. The summed E-state index contributed by atoms with van der Waals surface area (Å²) in [4.78, 5) is 6.95. The molecule has 0 unspecified atom stereocenters. The second-order valence-electron chi connectivity index (χ2n) is 7.41. The lowest BCUT2D eigenvalue weighted by atomic mass is 10.3. The van der Waals surface area contributed by atoms with Crippen molar-refractivity contribution in [2.24, 2.45) is 0 Å². The summed E-state index contributed by atoms with van der Waals surface area (Å²) in [5.74, 6) is 2.80. The van der Waals surface area contributed by atoms with E-state index in [1.165, 1.54) is 25.0 Å². The van der Waals surface area contributed by atoms with E-state index in [9.17, 15) is 4.39 Å². The van der Waals surface area contributed by atoms with Crippen LogP contribution in [-0.4, -0.2) is 32.8 Å². The zero-order valence-corrected chi connectivity index (χ0v) is 18.9. The molecule has 1 aromatic carbocycles. The molecular weight excluding hydrogens is 449 g/mol. The van der Waals surface area contributed by atoms with Crippen molar-refractivity contribution in [3.05, 3.63) is 70.3 Å². The average Bonchev–Trinajstić information content (AvgIpc) is 3.60. The topological polar surface area (TPSA) is 69.2 Å². The number of nitrogens with zero attached hydrogens (tertiary/aromatic N) is 5. The zero-order chi connectivity index (χ0) is 21.8. The Kier molecular flexibility index (Phi) is 6.40. The van der Waals surface area contributed by atoms with Crippen LogP contribution in [-0.2, 0) is 18.9 Å². The lowest BCUT2D eigenvalue weighted by molar-refractivity contribution is 0.305. The van der Waals surface area contributed by atoms with Gasteiger partial charge in [0.15, 0.2) is 5.16 Å². The Bertz CT molecular complexity index is 1140. The summed E-state index contributed by atoms with van der Waals surface area (Å²) in [6.45, 7) is 2.96. The lowest BCUT2D eigenvalue weighted by Crippen LogP contribution is -2.22. The van der Waals surface area contributed by atoms with Gasteiger partial charge in [0.25, 0.3) is 0 Å². The molecule has 32 heavy (non-hydrogen) atoms. The summed E-state index contributed by atoms with van der Waals surface area (Å²) in [6, 6.07) is 9.86. The van der Waals surface area contributed by atoms with Crippen LogP contribution in [0.15, 0.2) is 57.6 Å². The maximum absolute atomic E-state index is 13.0. The van der Waals surface area contributed by atoms with Crippen LogP contribution in [0.4, 0.5) is 10.3 Å². The zero-order valence-electron chi connectivity index (χ0n) is 17.3. The molecule has 4 aromatic rings. The number of rotatable bonds is 9. The molecule has 5 rings (SSSR count). The standard InChI is InChI=1S/C22H22FN5O2S2/c23-16-5-7-18(8-6-16)30-13-20-24-17(14-31-20)15-32-22-26-25-21(27-9-1-2-10-27)28(22)12-19-4-3-11-29-19/h3-8,11,14H,1-2,9-10,12-13,15H2. The van der Waals surface area contributed by atoms with Crippen molar-refractivity contribution in [3.63, 3.8) is 0 Å². The van der Waals surface area contributed by atoms with Gasteiger partial charge in [0.05, 0.1) is 18.5 Å². The van der Waals surface area contributed by atoms with Gasteiger partial charge in [0.1, 0.15) is 28.9 Å². The molecule has 0 radical (unpaired) electrons. The Morgan fingerprint density at radius 3 is 2.75 bits per heavy atom. The van der Waals surface area contributed by atoms with E-state index in [0.29, 0.717) is 24.7 Å². The van der Waals surface area contributed by atoms with Gasteiger partial charge in [-0.25, -0.2) is 9.37 Å². The molecule has 7 nitrogen and oxygen atoms in total. The third kappa shape index (κ3) is 4.97. The van der Waals surface area contributed by atoms with Gasteiger partial charge in [-0.05, 0) is 49.2 Å². The molecule has 0 aliphatic carbocycles. The summed E-state index contributed by atoms with van der Waals surface area (Å²) in [5.41, 5.74) is 0.966. The van der Waals surface area contributed by atoms with E-state index in [4.69, 9.17) is 9.15 Å². The minimum atomic E-state index is -0.279. The SMILES string of the molecule is Fc1ccc(OCc2nc(CSc3nnc(N4CCCC4)n3Cc3ccco3)cs2)cc1. The molecule has 0 bridgehead atoms. The van der Waals surface area contributed by atoms with Gasteiger partial charge >= 0.3 is 0 Å². The molecule has 1 aliphatic rings. The Morgan fingerprint density at radius 2 is 1.97 bits per heavy atom. The number of benzene rings is 1. The molecule has 4 heterocycles. The van der Waals surface area contributed by atoms with Crippen LogP contribution < -0.4 is 9.64 Å². The first kappa shape index (κ1) is 21.0. The Morgan fingerprint density at radius 1 is 1.12 bits per heavy atom. The van der Waals surface area contributed by atoms with Gasteiger partial charge in [-0.15, -0.1) is 21.5 Å². The van der Waals surface area contributed by atoms with Gasteiger partial charge in [0, 0.05) is 24.2 Å². The van der Waals surface area contributed by atoms with Crippen LogP contribution in [0.25, 0.3) is 0 Å². The minimum absolute atomic E-state index is 0.279. The third-order valence-corrected chi connectivity index (χ3v) is 6.98. The van der Waals surface area contributed by atoms with Crippen molar-refractivity contribution >= 4 is 29.0 Å². The van der Waals surface area contributed by atoms with E-state index in [1.54, 1.807) is 41.5 Å². The highest BCUT2D eigenvalue weighted by Crippen LogP contribution is 2.28. The van der Waals surface area contributed by atoms with E-state index in [-0.39, 0.29) is 5.82 Å². The average molecular weight is 472 g/mol. The molecule has 1 aliphatic heterocycles. The fourth-order valence-corrected chi connectivity index (χ4v) is 5.17. The van der Waals surface area contributed by atoms with Gasteiger partial charge < -0.3 is 14.1 Å². The van der Waals surface area contributed by atoms with Crippen LogP contribution in [0.5, 0.6) is 5.75 Å². The summed E-state index contributed by atoms with van der Waals surface area (Å²) >= 11 is 3.16. The highest BCUT2D eigenvalue weighted by atomic mass is 32.2. The van der Waals surface area contributed by atoms with Gasteiger partial charge in [-0.3, -0.25) is 4.57 Å². The third-order valence-electron chi connectivity index (χ3n) is 5.10. The van der Waals surface area contributed by atoms with Crippen LogP contribution in [0.1, 0.15) is 29.3 Å².